The molecule has 0 amide bonds. The van der Waals surface area contributed by atoms with Gasteiger partial charge in [0.1, 0.15) is 10.7 Å². The monoisotopic (exact) mass is 330 g/mol. The Morgan fingerprint density at radius 1 is 1.32 bits per heavy atom. The number of rotatable bonds is 4. The molecule has 4 nitrogen and oxygen atoms in total. The van der Waals surface area contributed by atoms with Gasteiger partial charge in [-0.3, -0.25) is 0 Å². The Hall–Kier alpha value is -1.92. The van der Waals surface area contributed by atoms with Crippen LogP contribution in [0.5, 0.6) is 0 Å². The van der Waals surface area contributed by atoms with E-state index in [0.29, 0.717) is 12.2 Å². The molecule has 0 saturated carbocycles. The van der Waals surface area contributed by atoms with Crippen LogP contribution in [-0.2, 0) is 6.54 Å². The summed E-state index contributed by atoms with van der Waals surface area (Å²) < 4.78 is 1.86. The summed E-state index contributed by atoms with van der Waals surface area (Å²) in [6.45, 7) is 7.37. The van der Waals surface area contributed by atoms with Crippen LogP contribution in [0.2, 0.25) is 19.6 Å². The number of aromatic carboxylic acids is 1. The molecular formula is C16H18N2O2SSi. The van der Waals surface area contributed by atoms with Crippen LogP contribution in [0.1, 0.15) is 15.5 Å². The number of nitrogens with zero attached hydrogens (tertiary/aromatic N) is 2. The van der Waals surface area contributed by atoms with Gasteiger partial charge in [-0.05, 0) is 12.1 Å². The van der Waals surface area contributed by atoms with E-state index in [1.807, 2.05) is 16.0 Å². The summed E-state index contributed by atoms with van der Waals surface area (Å²) in [7, 11) is -1.44. The number of fused-ring (bicyclic) bond motifs is 1. The first-order valence-corrected chi connectivity index (χ1v) is 11.5. The second-order valence-corrected chi connectivity index (χ2v) is 12.4. The summed E-state index contributed by atoms with van der Waals surface area (Å²) in [6.07, 6.45) is 1.75. The quantitative estimate of drug-likeness (QED) is 0.746. The van der Waals surface area contributed by atoms with Crippen molar-refractivity contribution in [2.24, 2.45) is 0 Å². The maximum Gasteiger partial charge on any atom is 0.352 e. The van der Waals surface area contributed by atoms with Crippen LogP contribution in [-0.4, -0.2) is 28.7 Å². The fourth-order valence-electron chi connectivity index (χ4n) is 2.53. The summed E-state index contributed by atoms with van der Waals surface area (Å²) in [5.41, 5.74) is 1.30. The van der Waals surface area contributed by atoms with Crippen LogP contribution in [0.25, 0.3) is 10.9 Å². The van der Waals surface area contributed by atoms with Crippen molar-refractivity contribution in [3.63, 3.8) is 0 Å². The molecule has 0 spiro atoms. The van der Waals surface area contributed by atoms with Gasteiger partial charge in [-0.15, -0.1) is 11.3 Å². The molecule has 22 heavy (non-hydrogen) atoms. The highest BCUT2D eigenvalue weighted by molar-refractivity contribution is 7.09. The zero-order valence-electron chi connectivity index (χ0n) is 12.8. The molecule has 0 atom stereocenters. The number of aromatic nitrogens is 2. The van der Waals surface area contributed by atoms with Crippen LogP contribution in [0, 0.1) is 0 Å². The lowest BCUT2D eigenvalue weighted by atomic mass is 10.2. The molecular weight excluding hydrogens is 312 g/mol. The molecule has 114 valence electrons. The second-order valence-electron chi connectivity index (χ2n) is 6.37. The highest BCUT2D eigenvalue weighted by Crippen LogP contribution is 2.22. The van der Waals surface area contributed by atoms with E-state index >= 15 is 0 Å². The maximum absolute atomic E-state index is 11.6. The van der Waals surface area contributed by atoms with Gasteiger partial charge in [-0.2, -0.15) is 0 Å². The Morgan fingerprint density at radius 2 is 2.09 bits per heavy atom. The molecule has 0 aliphatic heterocycles. The standard InChI is InChI=1S/C16H18N2O2SSi/c1-22(2,3)12-5-4-11-8-14(16(19)20)18(13(11)9-12)10-15-17-6-7-21-15/h4-9H,10H2,1-3H3,(H,19,20). The smallest absolute Gasteiger partial charge is 0.352 e. The van der Waals surface area contributed by atoms with Gasteiger partial charge >= 0.3 is 5.97 Å². The minimum Gasteiger partial charge on any atom is -0.477 e. The van der Waals surface area contributed by atoms with E-state index in [0.717, 1.165) is 15.9 Å². The topological polar surface area (TPSA) is 55.1 Å². The van der Waals surface area contributed by atoms with Crippen LogP contribution >= 0.6 is 11.3 Å². The van der Waals surface area contributed by atoms with Crippen molar-refractivity contribution in [1.29, 1.82) is 0 Å². The highest BCUT2D eigenvalue weighted by atomic mass is 32.1. The number of carbonyl (C=O) groups is 1. The first-order valence-electron chi connectivity index (χ1n) is 7.12. The van der Waals surface area contributed by atoms with Crippen LogP contribution < -0.4 is 5.19 Å². The lowest BCUT2D eigenvalue weighted by molar-refractivity contribution is 0.0686. The van der Waals surface area contributed by atoms with Gasteiger partial charge in [0.05, 0.1) is 14.6 Å². The van der Waals surface area contributed by atoms with E-state index in [-0.39, 0.29) is 0 Å². The number of benzene rings is 1. The Balaban J connectivity index is 2.20. The SMILES string of the molecule is C[Si](C)(C)c1ccc2cc(C(=O)O)n(Cc3nccs3)c2c1. The van der Waals surface area contributed by atoms with Gasteiger partial charge in [0.15, 0.2) is 0 Å². The normalized spacial score (nSPS) is 12.0. The Labute approximate surface area is 134 Å². The molecule has 6 heteroatoms. The molecule has 1 aromatic carbocycles. The van der Waals surface area contributed by atoms with Crippen LogP contribution in [0.3, 0.4) is 0 Å². The largest absolute Gasteiger partial charge is 0.477 e. The molecule has 3 aromatic rings. The average molecular weight is 330 g/mol. The first kappa shape index (κ1) is 15.0. The molecule has 0 fully saturated rings. The Bertz CT molecular complexity index is 832. The van der Waals surface area contributed by atoms with Crippen molar-refractivity contribution in [3.8, 4) is 0 Å². The van der Waals surface area contributed by atoms with Gasteiger partial charge in [0.2, 0.25) is 0 Å². The van der Waals surface area contributed by atoms with Crippen molar-refractivity contribution >= 4 is 41.5 Å². The number of thiazole rings is 1. The molecule has 1 N–H and O–H groups in total. The van der Waals surface area contributed by atoms with E-state index in [2.05, 4.69) is 36.8 Å². The third-order valence-corrected chi connectivity index (χ3v) is 6.57. The lowest BCUT2D eigenvalue weighted by Gasteiger charge is -2.17. The molecule has 0 aliphatic carbocycles. The minimum absolute atomic E-state index is 0.318. The van der Waals surface area contributed by atoms with Crippen molar-refractivity contribution in [2.75, 3.05) is 0 Å². The van der Waals surface area contributed by atoms with E-state index in [1.54, 1.807) is 23.6 Å². The second kappa shape index (κ2) is 5.37. The van der Waals surface area contributed by atoms with Crippen LogP contribution in [0.4, 0.5) is 0 Å². The molecule has 2 aromatic heterocycles. The van der Waals surface area contributed by atoms with Crippen LogP contribution in [0.15, 0.2) is 35.8 Å². The number of hydrogen-bond acceptors (Lipinski definition) is 3. The van der Waals surface area contributed by atoms with Crippen molar-refractivity contribution in [1.82, 2.24) is 9.55 Å². The van der Waals surface area contributed by atoms with Crippen molar-refractivity contribution in [2.45, 2.75) is 26.2 Å². The summed E-state index contributed by atoms with van der Waals surface area (Å²) >= 11 is 1.54. The summed E-state index contributed by atoms with van der Waals surface area (Å²) in [5.74, 6) is -0.901. The van der Waals surface area contributed by atoms with Crippen molar-refractivity contribution in [3.05, 3.63) is 46.5 Å². The number of hydrogen-bond donors (Lipinski definition) is 1. The number of carboxylic acids is 1. The molecule has 0 radical (unpaired) electrons. The van der Waals surface area contributed by atoms with E-state index in [9.17, 15) is 9.90 Å². The summed E-state index contributed by atoms with van der Waals surface area (Å²) in [5, 5.41) is 14.6. The minimum atomic E-state index is -1.44. The van der Waals surface area contributed by atoms with Gasteiger partial charge in [0.25, 0.3) is 0 Å². The van der Waals surface area contributed by atoms with E-state index < -0.39 is 14.0 Å². The fraction of sp³-hybridized carbons (Fsp3) is 0.250. The van der Waals surface area contributed by atoms with Gasteiger partial charge < -0.3 is 9.67 Å². The average Bonchev–Trinajstić information content (AvgIpc) is 3.06. The molecule has 0 aliphatic rings. The van der Waals surface area contributed by atoms with Gasteiger partial charge in [0, 0.05) is 22.5 Å². The molecule has 0 bridgehead atoms. The van der Waals surface area contributed by atoms with E-state index in [4.69, 9.17) is 0 Å². The predicted octanol–water partition coefficient (Wildman–Crippen LogP) is 3.39. The Morgan fingerprint density at radius 3 is 2.68 bits per heavy atom. The molecule has 3 rings (SSSR count). The molecule has 0 saturated heterocycles. The summed E-state index contributed by atoms with van der Waals surface area (Å²) in [6, 6.07) is 8.07. The first-order chi connectivity index (χ1) is 10.4. The van der Waals surface area contributed by atoms with Gasteiger partial charge in [-0.1, -0.05) is 37.0 Å². The zero-order chi connectivity index (χ0) is 15.9. The summed E-state index contributed by atoms with van der Waals surface area (Å²) in [4.78, 5) is 15.9. The predicted molar refractivity (Wildman–Crippen MR) is 93.1 cm³/mol. The number of carboxylic acid groups (broad SMARTS) is 1. The molecule has 0 unspecified atom stereocenters. The van der Waals surface area contributed by atoms with E-state index in [1.165, 1.54) is 5.19 Å². The third kappa shape index (κ3) is 2.71. The highest BCUT2D eigenvalue weighted by Gasteiger charge is 2.20. The van der Waals surface area contributed by atoms with Crippen molar-refractivity contribution < 1.29 is 9.90 Å². The van der Waals surface area contributed by atoms with Gasteiger partial charge in [-0.25, -0.2) is 9.78 Å². The third-order valence-electron chi connectivity index (χ3n) is 3.77. The maximum atomic E-state index is 11.6. The lowest BCUT2D eigenvalue weighted by Crippen LogP contribution is -2.37. The zero-order valence-corrected chi connectivity index (χ0v) is 14.6. The Kier molecular flexibility index (Phi) is 3.66. The fourth-order valence-corrected chi connectivity index (χ4v) is 4.29. The molecule has 2 heterocycles.